The highest BCUT2D eigenvalue weighted by Gasteiger charge is 2.13. The van der Waals surface area contributed by atoms with Crippen LogP contribution >= 0.6 is 0 Å². The summed E-state index contributed by atoms with van der Waals surface area (Å²) in [6, 6.07) is 5.35. The summed E-state index contributed by atoms with van der Waals surface area (Å²) in [7, 11) is 1.80. The lowest BCUT2D eigenvalue weighted by Crippen LogP contribution is -2.25. The van der Waals surface area contributed by atoms with E-state index in [2.05, 4.69) is 20.6 Å². The summed E-state index contributed by atoms with van der Waals surface area (Å²) >= 11 is 0. The Bertz CT molecular complexity index is 719. The number of halogens is 2. The second-order valence-electron chi connectivity index (χ2n) is 5.10. The van der Waals surface area contributed by atoms with Gasteiger partial charge in [0.1, 0.15) is 5.82 Å². The minimum absolute atomic E-state index is 0.0522. The molecular weight excluding hydrogens is 302 g/mol. The number of benzene rings is 1. The zero-order valence-corrected chi connectivity index (χ0v) is 12.8. The van der Waals surface area contributed by atoms with Gasteiger partial charge < -0.3 is 21.8 Å². The van der Waals surface area contributed by atoms with E-state index < -0.39 is 11.6 Å². The summed E-state index contributed by atoms with van der Waals surface area (Å²) in [4.78, 5) is 7.95. The van der Waals surface area contributed by atoms with E-state index in [1.807, 2.05) is 6.92 Å². The van der Waals surface area contributed by atoms with Crippen LogP contribution in [0.5, 0.6) is 0 Å². The Morgan fingerprint density at radius 3 is 2.78 bits per heavy atom. The number of anilines is 3. The standard InChI is InChI=1S/C15H18F2N6/c1-8(20-2)6-10(18)12-7-13(23-15(19)22-12)21-11-5-3-4-9(16)14(11)17/h3-5,7-8,18,20H,6H2,1-2H3,(H3,19,21,22,23)/t8-/m1/s1. The van der Waals surface area contributed by atoms with Crippen LogP contribution in [0.25, 0.3) is 0 Å². The zero-order chi connectivity index (χ0) is 17.0. The van der Waals surface area contributed by atoms with E-state index in [-0.39, 0.29) is 29.2 Å². The van der Waals surface area contributed by atoms with Crippen molar-refractivity contribution in [2.45, 2.75) is 19.4 Å². The van der Waals surface area contributed by atoms with Crippen molar-refractivity contribution in [3.8, 4) is 0 Å². The van der Waals surface area contributed by atoms with E-state index >= 15 is 0 Å². The maximum Gasteiger partial charge on any atom is 0.222 e. The Morgan fingerprint density at radius 1 is 1.35 bits per heavy atom. The third-order valence-electron chi connectivity index (χ3n) is 3.27. The first-order valence-electron chi connectivity index (χ1n) is 7.01. The van der Waals surface area contributed by atoms with Crippen molar-refractivity contribution in [2.75, 3.05) is 18.1 Å². The van der Waals surface area contributed by atoms with Crippen LogP contribution in [0.15, 0.2) is 24.3 Å². The molecule has 0 saturated carbocycles. The van der Waals surface area contributed by atoms with E-state index in [9.17, 15) is 8.78 Å². The van der Waals surface area contributed by atoms with Crippen LogP contribution < -0.4 is 16.4 Å². The first-order valence-corrected chi connectivity index (χ1v) is 7.01. The molecule has 122 valence electrons. The van der Waals surface area contributed by atoms with Crippen LogP contribution in [0.1, 0.15) is 19.0 Å². The number of nitrogens with zero attached hydrogens (tertiary/aromatic N) is 2. The van der Waals surface area contributed by atoms with Gasteiger partial charge in [-0.15, -0.1) is 0 Å². The first kappa shape index (κ1) is 16.8. The number of aromatic nitrogens is 2. The van der Waals surface area contributed by atoms with Gasteiger partial charge in [0.15, 0.2) is 11.6 Å². The monoisotopic (exact) mass is 320 g/mol. The topological polar surface area (TPSA) is 99.7 Å². The van der Waals surface area contributed by atoms with Crippen molar-refractivity contribution in [1.82, 2.24) is 15.3 Å². The molecule has 1 aromatic heterocycles. The normalized spacial score (nSPS) is 12.0. The summed E-state index contributed by atoms with van der Waals surface area (Å²) in [5.41, 5.74) is 6.17. The number of nitrogens with one attached hydrogen (secondary N) is 3. The third-order valence-corrected chi connectivity index (χ3v) is 3.27. The van der Waals surface area contributed by atoms with E-state index in [1.54, 1.807) is 7.05 Å². The molecule has 0 saturated heterocycles. The van der Waals surface area contributed by atoms with Gasteiger partial charge in [0.05, 0.1) is 17.1 Å². The van der Waals surface area contributed by atoms with Crippen molar-refractivity contribution >= 4 is 23.2 Å². The Kier molecular flexibility index (Phi) is 5.17. The van der Waals surface area contributed by atoms with Crippen LogP contribution in [0.3, 0.4) is 0 Å². The third kappa shape index (κ3) is 4.19. The van der Waals surface area contributed by atoms with E-state index in [1.165, 1.54) is 18.2 Å². The van der Waals surface area contributed by atoms with E-state index in [0.29, 0.717) is 12.1 Å². The highest BCUT2D eigenvalue weighted by Crippen LogP contribution is 2.21. The second-order valence-corrected chi connectivity index (χ2v) is 5.10. The average molecular weight is 320 g/mol. The van der Waals surface area contributed by atoms with Gasteiger partial charge in [0.2, 0.25) is 5.95 Å². The fourth-order valence-electron chi connectivity index (χ4n) is 1.94. The van der Waals surface area contributed by atoms with Crippen molar-refractivity contribution < 1.29 is 8.78 Å². The predicted molar refractivity (Wildman–Crippen MR) is 86.1 cm³/mol. The van der Waals surface area contributed by atoms with Gasteiger partial charge in [-0.05, 0) is 26.1 Å². The van der Waals surface area contributed by atoms with Crippen molar-refractivity contribution in [3.63, 3.8) is 0 Å². The van der Waals surface area contributed by atoms with Gasteiger partial charge in [-0.25, -0.2) is 13.8 Å². The highest BCUT2D eigenvalue weighted by molar-refractivity contribution is 5.97. The zero-order valence-electron chi connectivity index (χ0n) is 12.8. The van der Waals surface area contributed by atoms with Crippen LogP contribution in [-0.4, -0.2) is 28.8 Å². The van der Waals surface area contributed by atoms with Crippen LogP contribution in [0.2, 0.25) is 0 Å². The van der Waals surface area contributed by atoms with Gasteiger partial charge in [0.25, 0.3) is 0 Å². The summed E-state index contributed by atoms with van der Waals surface area (Å²) in [6.07, 6.45) is 0.445. The Labute approximate surface area is 132 Å². The molecule has 0 fully saturated rings. The lowest BCUT2D eigenvalue weighted by Gasteiger charge is -2.12. The number of hydrogen-bond donors (Lipinski definition) is 4. The molecule has 23 heavy (non-hydrogen) atoms. The van der Waals surface area contributed by atoms with Gasteiger partial charge in [0, 0.05) is 18.5 Å². The minimum Gasteiger partial charge on any atom is -0.368 e. The lowest BCUT2D eigenvalue weighted by atomic mass is 10.1. The number of hydrogen-bond acceptors (Lipinski definition) is 6. The number of nitrogen functional groups attached to an aromatic ring is 1. The molecule has 0 amide bonds. The number of rotatable bonds is 6. The second kappa shape index (κ2) is 7.10. The summed E-state index contributed by atoms with van der Waals surface area (Å²) in [5, 5.41) is 13.7. The van der Waals surface area contributed by atoms with Crippen molar-refractivity contribution in [2.24, 2.45) is 0 Å². The van der Waals surface area contributed by atoms with Gasteiger partial charge in [-0.1, -0.05) is 6.07 Å². The molecule has 0 bridgehead atoms. The highest BCUT2D eigenvalue weighted by atomic mass is 19.2. The smallest absolute Gasteiger partial charge is 0.222 e. The van der Waals surface area contributed by atoms with E-state index in [4.69, 9.17) is 11.1 Å². The van der Waals surface area contributed by atoms with Crippen LogP contribution in [0, 0.1) is 17.0 Å². The van der Waals surface area contributed by atoms with E-state index in [0.717, 1.165) is 6.07 Å². The molecule has 0 aliphatic rings. The minimum atomic E-state index is -1.01. The molecule has 5 N–H and O–H groups in total. The Morgan fingerprint density at radius 2 is 2.09 bits per heavy atom. The molecule has 8 heteroatoms. The van der Waals surface area contributed by atoms with Crippen LogP contribution in [-0.2, 0) is 0 Å². The first-order chi connectivity index (χ1) is 10.9. The molecule has 0 aliphatic heterocycles. The van der Waals surface area contributed by atoms with Crippen molar-refractivity contribution in [3.05, 3.63) is 41.6 Å². The molecule has 1 atom stereocenters. The van der Waals surface area contributed by atoms with Crippen LogP contribution in [0.4, 0.5) is 26.2 Å². The SMILES string of the molecule is CN[C@H](C)CC(=N)c1cc(Nc2cccc(F)c2F)nc(N)n1. The molecule has 2 rings (SSSR count). The maximum atomic E-state index is 13.7. The van der Waals surface area contributed by atoms with Crippen molar-refractivity contribution in [1.29, 1.82) is 5.41 Å². The molecule has 1 heterocycles. The quantitative estimate of drug-likeness (QED) is 0.613. The summed E-state index contributed by atoms with van der Waals surface area (Å²) in [6.45, 7) is 1.93. The maximum absolute atomic E-state index is 13.7. The summed E-state index contributed by atoms with van der Waals surface area (Å²) in [5.74, 6) is -1.83. The molecule has 0 radical (unpaired) electrons. The predicted octanol–water partition coefficient (Wildman–Crippen LogP) is 2.45. The molecule has 0 aliphatic carbocycles. The molecular formula is C15H18F2N6. The Hall–Kier alpha value is -2.61. The Balaban J connectivity index is 2.27. The molecule has 2 aromatic rings. The molecule has 6 nitrogen and oxygen atoms in total. The average Bonchev–Trinajstić information content (AvgIpc) is 2.51. The fourth-order valence-corrected chi connectivity index (χ4v) is 1.94. The molecule has 1 aromatic carbocycles. The van der Waals surface area contributed by atoms with Gasteiger partial charge in [-0.3, -0.25) is 0 Å². The summed E-state index contributed by atoms with van der Waals surface area (Å²) < 4.78 is 26.9. The largest absolute Gasteiger partial charge is 0.368 e. The molecule has 0 unspecified atom stereocenters. The number of nitrogens with two attached hydrogens (primary N) is 1. The fraction of sp³-hybridized carbons (Fsp3) is 0.267. The lowest BCUT2D eigenvalue weighted by molar-refractivity contribution is 0.511. The van der Waals surface area contributed by atoms with Gasteiger partial charge >= 0.3 is 0 Å². The van der Waals surface area contributed by atoms with Gasteiger partial charge in [-0.2, -0.15) is 4.98 Å². The molecule has 0 spiro atoms.